The molecule has 220 valence electrons. The van der Waals surface area contributed by atoms with Crippen LogP contribution in [0.2, 0.25) is 0 Å². The van der Waals surface area contributed by atoms with Crippen LogP contribution in [0.3, 0.4) is 0 Å². The molecule has 2 heterocycles. The summed E-state index contributed by atoms with van der Waals surface area (Å²) < 4.78 is 2.47. The van der Waals surface area contributed by atoms with Crippen LogP contribution in [-0.4, -0.2) is 35.1 Å². The molecular weight excluding hydrogens is 524 g/mol. The first kappa shape index (κ1) is 29.1. The number of aliphatic hydroxyl groups is 1. The summed E-state index contributed by atoms with van der Waals surface area (Å²) in [5.41, 5.74) is 9.05. The van der Waals surface area contributed by atoms with Crippen molar-refractivity contribution in [2.24, 2.45) is 0 Å². The molecule has 3 heteroatoms. The average molecular weight is 570 g/mol. The zero-order chi connectivity index (χ0) is 30.4. The van der Waals surface area contributed by atoms with E-state index in [0.717, 1.165) is 25.9 Å². The molecule has 43 heavy (non-hydrogen) atoms. The third kappa shape index (κ3) is 4.75. The minimum absolute atomic E-state index is 0.127. The predicted octanol–water partition coefficient (Wildman–Crippen LogP) is 9.35. The Morgan fingerprint density at radius 3 is 2.12 bits per heavy atom. The molecule has 0 fully saturated rings. The van der Waals surface area contributed by atoms with Gasteiger partial charge in [0, 0.05) is 47.7 Å². The molecule has 4 aromatic carbocycles. The predicted molar refractivity (Wildman–Crippen MR) is 184 cm³/mol. The van der Waals surface area contributed by atoms with Crippen molar-refractivity contribution in [3.05, 3.63) is 119 Å². The topological polar surface area (TPSA) is 26.5 Å². The fourth-order valence-electron chi connectivity index (χ4n) is 7.63. The summed E-state index contributed by atoms with van der Waals surface area (Å²) >= 11 is 0. The molecule has 3 nitrogen and oxygen atoms in total. The van der Waals surface area contributed by atoms with E-state index in [-0.39, 0.29) is 17.4 Å². The Kier molecular flexibility index (Phi) is 7.64. The van der Waals surface area contributed by atoms with Crippen molar-refractivity contribution < 1.29 is 9.68 Å². The van der Waals surface area contributed by atoms with E-state index in [2.05, 4.69) is 148 Å². The molecule has 1 N–H and O–H groups in total. The second-order valence-electron chi connectivity index (χ2n) is 12.9. The van der Waals surface area contributed by atoms with E-state index in [1.165, 1.54) is 61.0 Å². The summed E-state index contributed by atoms with van der Waals surface area (Å²) in [5, 5.41) is 15.0. The maximum Gasteiger partial charge on any atom is 0.210 e. The molecule has 0 aliphatic carbocycles. The quantitative estimate of drug-likeness (QED) is 0.169. The molecule has 0 saturated carbocycles. The van der Waals surface area contributed by atoms with Crippen LogP contribution in [0.25, 0.3) is 21.5 Å². The van der Waals surface area contributed by atoms with E-state index in [4.69, 9.17) is 0 Å². The second-order valence-corrected chi connectivity index (χ2v) is 12.9. The lowest BCUT2D eigenvalue weighted by Gasteiger charge is -2.26. The summed E-state index contributed by atoms with van der Waals surface area (Å²) in [7, 11) is 0. The van der Waals surface area contributed by atoms with Crippen molar-refractivity contribution in [2.45, 2.75) is 65.2 Å². The van der Waals surface area contributed by atoms with Crippen molar-refractivity contribution in [3.8, 4) is 0 Å². The lowest BCUT2D eigenvalue weighted by atomic mass is 9.79. The molecular formula is C40H45N2O+. The highest BCUT2D eigenvalue weighted by atomic mass is 16.2. The molecule has 2 aliphatic heterocycles. The number of likely N-dealkylation sites (N-methyl/N-ethyl adjacent to an activating group) is 1. The molecule has 0 saturated heterocycles. The fourth-order valence-corrected chi connectivity index (χ4v) is 7.63. The van der Waals surface area contributed by atoms with Gasteiger partial charge in [-0.2, -0.15) is 4.58 Å². The standard InChI is InChI=1S/C40H45N2O/c1-7-41-33-23-21-29-15-9-11-17-31(29)37(33)39(3,4)35(41)25-19-28(14-13-27-43)20-26-36-40(5,6)38-32-18-12-10-16-30(32)22-24-34(38)42(36)8-2/h9-12,15-26,43H,7-8,13-14,27H2,1-6H3/q+1. The Morgan fingerprint density at radius 1 is 0.814 bits per heavy atom. The van der Waals surface area contributed by atoms with Gasteiger partial charge in [-0.1, -0.05) is 80.6 Å². The minimum Gasteiger partial charge on any atom is -0.396 e. The van der Waals surface area contributed by atoms with Crippen LogP contribution >= 0.6 is 0 Å². The van der Waals surface area contributed by atoms with Gasteiger partial charge in [0.25, 0.3) is 0 Å². The van der Waals surface area contributed by atoms with E-state index in [9.17, 15) is 5.11 Å². The van der Waals surface area contributed by atoms with E-state index in [1.807, 2.05) is 0 Å². The Bertz CT molecular complexity index is 1830. The Labute approximate surface area is 257 Å². The van der Waals surface area contributed by atoms with Crippen molar-refractivity contribution in [2.75, 3.05) is 24.6 Å². The van der Waals surface area contributed by atoms with Crippen LogP contribution in [0, 0.1) is 0 Å². The van der Waals surface area contributed by atoms with Crippen LogP contribution in [0.15, 0.2) is 108 Å². The van der Waals surface area contributed by atoms with E-state index < -0.39 is 0 Å². The van der Waals surface area contributed by atoms with Gasteiger partial charge in [-0.25, -0.2) is 0 Å². The van der Waals surface area contributed by atoms with Crippen LogP contribution < -0.4 is 4.90 Å². The maximum atomic E-state index is 9.75. The molecule has 4 aromatic rings. The molecule has 0 atom stereocenters. The number of hydrogen-bond acceptors (Lipinski definition) is 2. The highest BCUT2D eigenvalue weighted by Crippen LogP contribution is 2.50. The van der Waals surface area contributed by atoms with Crippen molar-refractivity contribution in [3.63, 3.8) is 0 Å². The first-order chi connectivity index (χ1) is 20.7. The summed E-state index contributed by atoms with van der Waals surface area (Å²) in [5.74, 6) is 0. The molecule has 0 bridgehead atoms. The van der Waals surface area contributed by atoms with Crippen molar-refractivity contribution >= 4 is 38.6 Å². The number of fused-ring (bicyclic) bond motifs is 6. The smallest absolute Gasteiger partial charge is 0.210 e. The third-order valence-corrected chi connectivity index (χ3v) is 9.67. The first-order valence-electron chi connectivity index (χ1n) is 15.9. The van der Waals surface area contributed by atoms with Gasteiger partial charge in [0.1, 0.15) is 6.54 Å². The number of allylic oxidation sites excluding steroid dienone is 6. The van der Waals surface area contributed by atoms with E-state index in [1.54, 1.807) is 0 Å². The van der Waals surface area contributed by atoms with Gasteiger partial charge in [-0.05, 0) is 91.4 Å². The molecule has 0 unspecified atom stereocenters. The molecule has 0 amide bonds. The number of benzene rings is 4. The van der Waals surface area contributed by atoms with Crippen molar-refractivity contribution in [1.29, 1.82) is 0 Å². The van der Waals surface area contributed by atoms with Gasteiger partial charge >= 0.3 is 0 Å². The largest absolute Gasteiger partial charge is 0.396 e. The maximum absolute atomic E-state index is 9.75. The van der Waals surface area contributed by atoms with E-state index >= 15 is 0 Å². The number of aliphatic hydroxyl groups excluding tert-OH is 1. The highest BCUT2D eigenvalue weighted by molar-refractivity contribution is 6.07. The summed E-state index contributed by atoms with van der Waals surface area (Å²) in [4.78, 5) is 2.47. The lowest BCUT2D eigenvalue weighted by molar-refractivity contribution is -0.433. The summed E-state index contributed by atoms with van der Waals surface area (Å²) in [6.45, 7) is 15.9. The van der Waals surface area contributed by atoms with Gasteiger partial charge in [-0.3, -0.25) is 0 Å². The molecule has 0 aromatic heterocycles. The number of hydrogen-bond donors (Lipinski definition) is 1. The SMILES string of the molecule is CCN1\C(=C/C=C(\C=C/C2=[N+](CC)c3ccc4ccccc4c3C2(C)C)CCCO)C(C)(C)c2c1ccc1ccccc21. The van der Waals surface area contributed by atoms with E-state index in [0.29, 0.717) is 0 Å². The highest BCUT2D eigenvalue weighted by Gasteiger charge is 2.45. The minimum atomic E-state index is -0.127. The van der Waals surface area contributed by atoms with Gasteiger partial charge < -0.3 is 10.0 Å². The van der Waals surface area contributed by atoms with Crippen LogP contribution in [-0.2, 0) is 10.8 Å². The molecule has 0 radical (unpaired) electrons. The molecule has 0 spiro atoms. The van der Waals surface area contributed by atoms with Crippen LogP contribution in [0.5, 0.6) is 0 Å². The summed E-state index contributed by atoms with van der Waals surface area (Å²) in [6.07, 6.45) is 10.8. The van der Waals surface area contributed by atoms with Gasteiger partial charge in [0.15, 0.2) is 5.71 Å². The number of nitrogens with zero attached hydrogens (tertiary/aromatic N) is 2. The third-order valence-electron chi connectivity index (χ3n) is 9.67. The summed E-state index contributed by atoms with van der Waals surface area (Å²) in [6, 6.07) is 26.6. The van der Waals surface area contributed by atoms with Crippen LogP contribution in [0.4, 0.5) is 11.4 Å². The number of anilines is 1. The fraction of sp³-hybridized carbons (Fsp3) is 0.325. The normalized spacial score (nSPS) is 18.4. The average Bonchev–Trinajstić information content (AvgIpc) is 3.38. The monoisotopic (exact) mass is 569 g/mol. The van der Waals surface area contributed by atoms with Crippen molar-refractivity contribution in [1.82, 2.24) is 0 Å². The Hall–Kier alpha value is -3.95. The number of rotatable bonds is 8. The van der Waals surface area contributed by atoms with Gasteiger partial charge in [-0.15, -0.1) is 0 Å². The molecule has 6 rings (SSSR count). The molecule has 2 aliphatic rings. The second kappa shape index (κ2) is 11.3. The van der Waals surface area contributed by atoms with Gasteiger partial charge in [0.05, 0.1) is 5.41 Å². The Morgan fingerprint density at radius 2 is 1.47 bits per heavy atom. The first-order valence-corrected chi connectivity index (χ1v) is 15.9. The zero-order valence-electron chi connectivity index (χ0n) is 26.6. The zero-order valence-corrected chi connectivity index (χ0v) is 26.6. The Balaban J connectivity index is 1.41. The van der Waals surface area contributed by atoms with Crippen LogP contribution in [0.1, 0.15) is 65.5 Å². The lowest BCUT2D eigenvalue weighted by Crippen LogP contribution is -2.27. The van der Waals surface area contributed by atoms with Gasteiger partial charge in [0.2, 0.25) is 5.69 Å².